The molecule has 2 aromatic carbocycles. The van der Waals surface area contributed by atoms with Crippen molar-refractivity contribution >= 4 is 11.6 Å². The number of hydrogen-bond donors (Lipinski definition) is 1. The van der Waals surface area contributed by atoms with Crippen LogP contribution in [0, 0.1) is 0 Å². The van der Waals surface area contributed by atoms with Crippen molar-refractivity contribution in [2.75, 3.05) is 6.61 Å². The number of aromatic hydroxyl groups is 1. The van der Waals surface area contributed by atoms with Crippen molar-refractivity contribution in [2.24, 2.45) is 0 Å². The van der Waals surface area contributed by atoms with E-state index in [9.17, 15) is 5.11 Å². The normalized spacial score (nSPS) is 11.4. The first kappa shape index (κ1) is 21.6. The molecule has 0 aliphatic rings. The van der Waals surface area contributed by atoms with Crippen LogP contribution in [0.15, 0.2) is 72.9 Å². The van der Waals surface area contributed by atoms with Crippen LogP contribution in [-0.4, -0.2) is 16.7 Å². The fourth-order valence-corrected chi connectivity index (χ4v) is 3.44. The monoisotopic (exact) mass is 401 g/mol. The standard InChI is InChI=1S/C27H31NO2/c1-2-3-4-5-6-12-19-30-24-16-17-25(27(29)21-24)26(22-13-8-7-9-14-22)20-23-15-10-11-18-28-23/h7-11,13-18,20-21,29H,2-6,12,19H2,1H3/b26-20+. The molecule has 0 atom stereocenters. The number of benzene rings is 2. The third-order valence-corrected chi connectivity index (χ3v) is 5.09. The lowest BCUT2D eigenvalue weighted by molar-refractivity contribution is 0.302. The summed E-state index contributed by atoms with van der Waals surface area (Å²) in [6.45, 7) is 2.91. The highest BCUT2D eigenvalue weighted by molar-refractivity contribution is 5.92. The van der Waals surface area contributed by atoms with Crippen molar-refractivity contribution < 1.29 is 9.84 Å². The number of hydrogen-bond acceptors (Lipinski definition) is 3. The van der Waals surface area contributed by atoms with Crippen molar-refractivity contribution in [3.05, 3.63) is 89.7 Å². The lowest BCUT2D eigenvalue weighted by Gasteiger charge is -2.13. The summed E-state index contributed by atoms with van der Waals surface area (Å²) in [6, 6.07) is 21.4. The first-order valence-electron chi connectivity index (χ1n) is 10.9. The van der Waals surface area contributed by atoms with E-state index in [2.05, 4.69) is 11.9 Å². The minimum absolute atomic E-state index is 0.210. The number of unbranched alkanes of at least 4 members (excludes halogenated alkanes) is 5. The van der Waals surface area contributed by atoms with Gasteiger partial charge in [0.25, 0.3) is 0 Å². The van der Waals surface area contributed by atoms with Crippen LogP contribution in [0.25, 0.3) is 11.6 Å². The van der Waals surface area contributed by atoms with Crippen molar-refractivity contribution in [2.45, 2.75) is 45.4 Å². The zero-order chi connectivity index (χ0) is 21.0. The van der Waals surface area contributed by atoms with E-state index in [1.165, 1.54) is 32.1 Å². The van der Waals surface area contributed by atoms with E-state index in [1.807, 2.05) is 66.7 Å². The van der Waals surface area contributed by atoms with Gasteiger partial charge in [0.05, 0.1) is 12.3 Å². The summed E-state index contributed by atoms with van der Waals surface area (Å²) in [5.74, 6) is 0.913. The Morgan fingerprint density at radius 3 is 2.40 bits per heavy atom. The Morgan fingerprint density at radius 1 is 0.900 bits per heavy atom. The molecule has 0 radical (unpaired) electrons. The topological polar surface area (TPSA) is 42.4 Å². The maximum absolute atomic E-state index is 10.8. The van der Waals surface area contributed by atoms with E-state index >= 15 is 0 Å². The fourth-order valence-electron chi connectivity index (χ4n) is 3.44. The summed E-state index contributed by atoms with van der Waals surface area (Å²) in [5, 5.41) is 10.8. The average Bonchev–Trinajstić information content (AvgIpc) is 2.79. The molecule has 3 heteroatoms. The maximum Gasteiger partial charge on any atom is 0.127 e. The van der Waals surface area contributed by atoms with Crippen LogP contribution in [0.5, 0.6) is 11.5 Å². The summed E-state index contributed by atoms with van der Waals surface area (Å²) >= 11 is 0. The van der Waals surface area contributed by atoms with Crippen molar-refractivity contribution in [1.29, 1.82) is 0 Å². The molecule has 0 aliphatic carbocycles. The van der Waals surface area contributed by atoms with Crippen LogP contribution in [0.3, 0.4) is 0 Å². The maximum atomic E-state index is 10.8. The SMILES string of the molecule is CCCCCCCCOc1ccc(/C(=C/c2ccccn2)c2ccccc2)c(O)c1. The Labute approximate surface area is 180 Å². The van der Waals surface area contributed by atoms with E-state index in [0.29, 0.717) is 12.4 Å². The Morgan fingerprint density at radius 2 is 1.67 bits per heavy atom. The molecule has 0 saturated carbocycles. The highest BCUT2D eigenvalue weighted by atomic mass is 16.5. The molecule has 0 aliphatic heterocycles. The van der Waals surface area contributed by atoms with Crippen molar-refractivity contribution in [3.8, 4) is 11.5 Å². The third kappa shape index (κ3) is 6.48. The van der Waals surface area contributed by atoms with Gasteiger partial charge in [-0.05, 0) is 47.9 Å². The van der Waals surface area contributed by atoms with Gasteiger partial charge in [0.2, 0.25) is 0 Å². The first-order valence-corrected chi connectivity index (χ1v) is 10.9. The summed E-state index contributed by atoms with van der Waals surface area (Å²) in [5.41, 5.74) is 3.56. The Kier molecular flexibility index (Phi) is 8.52. The van der Waals surface area contributed by atoms with Gasteiger partial charge < -0.3 is 9.84 Å². The van der Waals surface area contributed by atoms with Gasteiger partial charge in [0, 0.05) is 17.8 Å². The zero-order valence-corrected chi connectivity index (χ0v) is 17.8. The predicted molar refractivity (Wildman–Crippen MR) is 125 cm³/mol. The Hall–Kier alpha value is -3.07. The first-order chi connectivity index (χ1) is 14.8. The summed E-state index contributed by atoms with van der Waals surface area (Å²) in [6.07, 6.45) is 11.1. The number of ether oxygens (including phenoxy) is 1. The molecule has 0 amide bonds. The van der Waals surface area contributed by atoms with Crippen molar-refractivity contribution in [1.82, 2.24) is 4.98 Å². The molecule has 0 saturated heterocycles. The highest BCUT2D eigenvalue weighted by Crippen LogP contribution is 2.34. The molecular weight excluding hydrogens is 370 g/mol. The smallest absolute Gasteiger partial charge is 0.127 e. The second kappa shape index (κ2) is 11.8. The van der Waals surface area contributed by atoms with Crippen LogP contribution < -0.4 is 4.74 Å². The average molecular weight is 402 g/mol. The lowest BCUT2D eigenvalue weighted by Crippen LogP contribution is -1.98. The summed E-state index contributed by atoms with van der Waals surface area (Å²) in [4.78, 5) is 4.41. The molecule has 3 aromatic rings. The quantitative estimate of drug-likeness (QED) is 0.348. The zero-order valence-electron chi connectivity index (χ0n) is 17.8. The Bertz CT molecular complexity index is 920. The third-order valence-electron chi connectivity index (χ3n) is 5.09. The molecule has 1 aromatic heterocycles. The van der Waals surface area contributed by atoms with Crippen molar-refractivity contribution in [3.63, 3.8) is 0 Å². The minimum Gasteiger partial charge on any atom is -0.507 e. The second-order valence-electron chi connectivity index (χ2n) is 7.47. The molecule has 3 nitrogen and oxygen atoms in total. The van der Waals surface area contributed by atoms with Crippen LogP contribution in [-0.2, 0) is 0 Å². The van der Waals surface area contributed by atoms with Crippen LogP contribution in [0.1, 0.15) is 62.3 Å². The van der Waals surface area contributed by atoms with Gasteiger partial charge >= 0.3 is 0 Å². The number of rotatable bonds is 11. The summed E-state index contributed by atoms with van der Waals surface area (Å²) < 4.78 is 5.86. The summed E-state index contributed by atoms with van der Waals surface area (Å²) in [7, 11) is 0. The van der Waals surface area contributed by atoms with Gasteiger partial charge in [-0.15, -0.1) is 0 Å². The van der Waals surface area contributed by atoms with E-state index in [4.69, 9.17) is 4.74 Å². The molecule has 1 heterocycles. The van der Waals surface area contributed by atoms with E-state index in [0.717, 1.165) is 28.8 Å². The molecular formula is C27H31NO2. The van der Waals surface area contributed by atoms with E-state index < -0.39 is 0 Å². The van der Waals surface area contributed by atoms with Gasteiger partial charge in [-0.1, -0.05) is 75.4 Å². The molecule has 30 heavy (non-hydrogen) atoms. The number of phenolic OH excluding ortho intramolecular Hbond substituents is 1. The van der Waals surface area contributed by atoms with Crippen LogP contribution in [0.4, 0.5) is 0 Å². The molecule has 0 unspecified atom stereocenters. The molecule has 0 fully saturated rings. The Balaban J connectivity index is 1.73. The van der Waals surface area contributed by atoms with Gasteiger partial charge in [-0.25, -0.2) is 0 Å². The number of pyridine rings is 1. The van der Waals surface area contributed by atoms with Gasteiger partial charge in [0.1, 0.15) is 11.5 Å². The minimum atomic E-state index is 0.210. The van der Waals surface area contributed by atoms with E-state index in [-0.39, 0.29) is 5.75 Å². The van der Waals surface area contributed by atoms with E-state index in [1.54, 1.807) is 12.3 Å². The number of phenols is 1. The van der Waals surface area contributed by atoms with Crippen LogP contribution in [0.2, 0.25) is 0 Å². The van der Waals surface area contributed by atoms with Gasteiger partial charge in [-0.2, -0.15) is 0 Å². The fraction of sp³-hybridized carbons (Fsp3) is 0.296. The van der Waals surface area contributed by atoms with Crippen LogP contribution >= 0.6 is 0 Å². The molecule has 1 N–H and O–H groups in total. The largest absolute Gasteiger partial charge is 0.507 e. The number of aromatic nitrogens is 1. The highest BCUT2D eigenvalue weighted by Gasteiger charge is 2.11. The predicted octanol–water partition coefficient (Wildman–Crippen LogP) is 7.12. The molecule has 156 valence electrons. The molecule has 0 bridgehead atoms. The molecule has 3 rings (SSSR count). The lowest BCUT2D eigenvalue weighted by atomic mass is 9.96. The number of nitrogens with zero attached hydrogens (tertiary/aromatic N) is 1. The molecule has 0 spiro atoms. The van der Waals surface area contributed by atoms with Gasteiger partial charge in [-0.3, -0.25) is 4.98 Å². The second-order valence-corrected chi connectivity index (χ2v) is 7.47. The van der Waals surface area contributed by atoms with Gasteiger partial charge in [0.15, 0.2) is 0 Å².